The van der Waals surface area contributed by atoms with Crippen LogP contribution in [0.25, 0.3) is 16.7 Å². The van der Waals surface area contributed by atoms with Crippen molar-refractivity contribution in [3.63, 3.8) is 0 Å². The van der Waals surface area contributed by atoms with Gasteiger partial charge in [-0.2, -0.15) is 4.80 Å². The van der Waals surface area contributed by atoms with Crippen molar-refractivity contribution in [2.24, 2.45) is 0 Å². The number of benzene rings is 3. The van der Waals surface area contributed by atoms with Crippen LogP contribution in [0, 0.1) is 6.92 Å². The SMILES string of the molecule is COc1ccc(-n2nc3cc(C)c(NC(=S)NC(=O)c4cc(Cl)ccc4OC)cc3n2)cc1. The molecule has 33 heavy (non-hydrogen) atoms. The van der Waals surface area contributed by atoms with E-state index in [1.165, 1.54) is 13.2 Å². The van der Waals surface area contributed by atoms with Crippen molar-refractivity contribution in [2.75, 3.05) is 19.5 Å². The van der Waals surface area contributed by atoms with Crippen molar-refractivity contribution in [1.29, 1.82) is 0 Å². The minimum absolute atomic E-state index is 0.132. The normalized spacial score (nSPS) is 10.7. The number of nitrogens with one attached hydrogen (secondary N) is 2. The van der Waals surface area contributed by atoms with Crippen LogP contribution in [-0.4, -0.2) is 40.2 Å². The summed E-state index contributed by atoms with van der Waals surface area (Å²) in [6.45, 7) is 1.92. The smallest absolute Gasteiger partial charge is 0.261 e. The Morgan fingerprint density at radius 3 is 2.36 bits per heavy atom. The molecule has 0 radical (unpaired) electrons. The van der Waals surface area contributed by atoms with Crippen molar-refractivity contribution >= 4 is 51.6 Å². The second kappa shape index (κ2) is 9.43. The van der Waals surface area contributed by atoms with Gasteiger partial charge < -0.3 is 14.8 Å². The zero-order chi connectivity index (χ0) is 23.5. The summed E-state index contributed by atoms with van der Waals surface area (Å²) < 4.78 is 10.4. The zero-order valence-corrected chi connectivity index (χ0v) is 19.6. The summed E-state index contributed by atoms with van der Waals surface area (Å²) in [6.07, 6.45) is 0. The summed E-state index contributed by atoms with van der Waals surface area (Å²) in [6, 6.07) is 16.0. The molecule has 0 aliphatic rings. The first-order valence-electron chi connectivity index (χ1n) is 9.86. The van der Waals surface area contributed by atoms with E-state index in [0.717, 1.165) is 22.5 Å². The monoisotopic (exact) mass is 481 g/mol. The number of nitrogens with zero attached hydrogens (tertiary/aromatic N) is 3. The molecule has 0 atom stereocenters. The Bertz CT molecular complexity index is 1350. The molecule has 8 nitrogen and oxygen atoms in total. The number of carbonyl (C=O) groups excluding carboxylic acids is 1. The molecule has 0 unspecified atom stereocenters. The van der Waals surface area contributed by atoms with Crippen molar-refractivity contribution in [1.82, 2.24) is 20.3 Å². The van der Waals surface area contributed by atoms with E-state index in [1.807, 2.05) is 43.3 Å². The lowest BCUT2D eigenvalue weighted by atomic mass is 10.1. The van der Waals surface area contributed by atoms with Gasteiger partial charge in [-0.1, -0.05) is 11.6 Å². The van der Waals surface area contributed by atoms with Crippen molar-refractivity contribution in [3.05, 3.63) is 70.7 Å². The summed E-state index contributed by atoms with van der Waals surface area (Å²) in [5, 5.41) is 15.3. The molecule has 0 saturated heterocycles. The molecule has 4 rings (SSSR count). The number of carbonyl (C=O) groups is 1. The molecule has 3 aromatic carbocycles. The number of halogens is 1. The minimum Gasteiger partial charge on any atom is -0.497 e. The highest BCUT2D eigenvalue weighted by Gasteiger charge is 2.15. The summed E-state index contributed by atoms with van der Waals surface area (Å²) >= 11 is 11.4. The molecule has 0 spiro atoms. The molecule has 0 aliphatic carbocycles. The number of hydrogen-bond acceptors (Lipinski definition) is 6. The van der Waals surface area contributed by atoms with Crippen LogP contribution in [0.5, 0.6) is 11.5 Å². The second-order valence-electron chi connectivity index (χ2n) is 7.10. The molecule has 168 valence electrons. The van der Waals surface area contributed by atoms with Gasteiger partial charge in [-0.3, -0.25) is 10.1 Å². The standard InChI is InChI=1S/C23H20ClN5O3S/c1-13-10-19-20(28-29(27-19)15-5-7-16(31-2)8-6-15)12-18(13)25-23(33)26-22(30)17-11-14(24)4-9-21(17)32-3/h4-12H,1-3H3,(H2,25,26,30,33). The molecule has 0 fully saturated rings. The van der Waals surface area contributed by atoms with Gasteiger partial charge in [0, 0.05) is 10.7 Å². The number of hydrogen-bond donors (Lipinski definition) is 2. The highest BCUT2D eigenvalue weighted by atomic mass is 35.5. The third kappa shape index (κ3) is 4.89. The number of anilines is 1. The molecule has 0 bridgehead atoms. The van der Waals surface area contributed by atoms with Gasteiger partial charge >= 0.3 is 0 Å². The molecular weight excluding hydrogens is 462 g/mol. The van der Waals surface area contributed by atoms with Crippen molar-refractivity contribution < 1.29 is 14.3 Å². The maximum atomic E-state index is 12.7. The largest absolute Gasteiger partial charge is 0.497 e. The Morgan fingerprint density at radius 1 is 1.00 bits per heavy atom. The van der Waals surface area contributed by atoms with Gasteiger partial charge in [-0.05, 0) is 79.3 Å². The highest BCUT2D eigenvalue weighted by Crippen LogP contribution is 2.24. The topological polar surface area (TPSA) is 90.3 Å². The Kier molecular flexibility index (Phi) is 6.43. The summed E-state index contributed by atoms with van der Waals surface area (Å²) in [4.78, 5) is 14.2. The predicted molar refractivity (Wildman–Crippen MR) is 132 cm³/mol. The maximum absolute atomic E-state index is 12.7. The third-order valence-corrected chi connectivity index (χ3v) is 5.35. The first kappa shape index (κ1) is 22.5. The molecular formula is C23H20ClN5O3S. The maximum Gasteiger partial charge on any atom is 0.261 e. The zero-order valence-electron chi connectivity index (χ0n) is 18.0. The number of ether oxygens (including phenoxy) is 2. The van der Waals surface area contributed by atoms with Crippen molar-refractivity contribution in [2.45, 2.75) is 6.92 Å². The van der Waals surface area contributed by atoms with Crippen LogP contribution in [0.4, 0.5) is 5.69 Å². The number of rotatable bonds is 5. The molecule has 0 saturated carbocycles. The van der Waals surface area contributed by atoms with Gasteiger partial charge in [0.25, 0.3) is 5.91 Å². The number of aromatic nitrogens is 3. The van der Waals surface area contributed by atoms with E-state index < -0.39 is 5.91 Å². The van der Waals surface area contributed by atoms with Crippen LogP contribution in [0.2, 0.25) is 5.02 Å². The Labute approximate surface area is 200 Å². The number of thiocarbonyl (C=S) groups is 1. The van der Waals surface area contributed by atoms with E-state index >= 15 is 0 Å². The van der Waals surface area contributed by atoms with Crippen molar-refractivity contribution in [3.8, 4) is 17.2 Å². The number of amides is 1. The average Bonchev–Trinajstić information content (AvgIpc) is 3.21. The van der Waals surface area contributed by atoms with Crippen LogP contribution >= 0.6 is 23.8 Å². The molecule has 2 N–H and O–H groups in total. The molecule has 1 aromatic heterocycles. The molecule has 4 aromatic rings. The summed E-state index contributed by atoms with van der Waals surface area (Å²) in [5.41, 5.74) is 4.08. The lowest BCUT2D eigenvalue weighted by molar-refractivity contribution is 0.0975. The fourth-order valence-corrected chi connectivity index (χ4v) is 3.59. The first-order valence-corrected chi connectivity index (χ1v) is 10.6. The number of aryl methyl sites for hydroxylation is 1. The second-order valence-corrected chi connectivity index (χ2v) is 7.94. The van der Waals surface area contributed by atoms with Gasteiger partial charge in [-0.15, -0.1) is 10.2 Å². The number of methoxy groups -OCH3 is 2. The third-order valence-electron chi connectivity index (χ3n) is 4.91. The fourth-order valence-electron chi connectivity index (χ4n) is 3.22. The van der Waals surface area contributed by atoms with E-state index in [1.54, 1.807) is 24.0 Å². The van der Waals surface area contributed by atoms with Gasteiger partial charge in [-0.25, -0.2) is 0 Å². The Morgan fingerprint density at radius 2 is 1.70 bits per heavy atom. The quantitative estimate of drug-likeness (QED) is 0.405. The van der Waals surface area contributed by atoms with E-state index in [4.69, 9.17) is 33.3 Å². The highest BCUT2D eigenvalue weighted by molar-refractivity contribution is 7.80. The lowest BCUT2D eigenvalue weighted by Crippen LogP contribution is -2.34. The van der Waals surface area contributed by atoms with Gasteiger partial charge in [0.1, 0.15) is 22.5 Å². The van der Waals surface area contributed by atoms with Crippen LogP contribution in [0.1, 0.15) is 15.9 Å². The van der Waals surface area contributed by atoms with E-state index in [0.29, 0.717) is 22.0 Å². The average molecular weight is 482 g/mol. The molecule has 1 amide bonds. The van der Waals surface area contributed by atoms with Crippen LogP contribution in [0.3, 0.4) is 0 Å². The minimum atomic E-state index is -0.434. The summed E-state index contributed by atoms with van der Waals surface area (Å²) in [7, 11) is 3.10. The molecule has 1 heterocycles. The Balaban J connectivity index is 1.53. The van der Waals surface area contributed by atoms with Gasteiger partial charge in [0.05, 0.1) is 25.5 Å². The summed E-state index contributed by atoms with van der Waals surface area (Å²) in [5.74, 6) is 0.715. The van der Waals surface area contributed by atoms with Crippen LogP contribution in [-0.2, 0) is 0 Å². The van der Waals surface area contributed by atoms with Gasteiger partial charge in [0.2, 0.25) is 0 Å². The van der Waals surface area contributed by atoms with E-state index in [-0.39, 0.29) is 10.7 Å². The lowest BCUT2D eigenvalue weighted by Gasteiger charge is -2.13. The van der Waals surface area contributed by atoms with Gasteiger partial charge in [0.15, 0.2) is 5.11 Å². The number of fused-ring (bicyclic) bond motifs is 1. The molecule has 10 heteroatoms. The van der Waals surface area contributed by atoms with Crippen LogP contribution < -0.4 is 20.1 Å². The Hall–Kier alpha value is -3.69. The fraction of sp³-hybridized carbons (Fsp3) is 0.130. The van der Waals surface area contributed by atoms with E-state index in [2.05, 4.69) is 20.8 Å². The molecule has 0 aliphatic heterocycles. The van der Waals surface area contributed by atoms with Crippen LogP contribution in [0.15, 0.2) is 54.6 Å². The van der Waals surface area contributed by atoms with E-state index in [9.17, 15) is 4.79 Å². The predicted octanol–water partition coefficient (Wildman–Crippen LogP) is 4.53. The first-order chi connectivity index (χ1) is 15.9.